The van der Waals surface area contributed by atoms with Crippen molar-refractivity contribution in [3.05, 3.63) is 78.0 Å². The first-order chi connectivity index (χ1) is 14.2. The lowest BCUT2D eigenvalue weighted by molar-refractivity contribution is 0.0587. The number of carbonyl (C=O) groups is 1. The summed E-state index contributed by atoms with van der Waals surface area (Å²) in [4.78, 5) is 31.1. The Bertz CT molecular complexity index is 1160. The molecule has 1 aliphatic heterocycles. The maximum atomic E-state index is 12.8. The number of hydrogen-bond acceptors (Lipinski definition) is 5. The van der Waals surface area contributed by atoms with Gasteiger partial charge in [0, 0.05) is 37.0 Å². The number of amides is 1. The Morgan fingerprint density at radius 2 is 1.93 bits per heavy atom. The van der Waals surface area contributed by atoms with Gasteiger partial charge in [-0.25, -0.2) is 4.98 Å². The van der Waals surface area contributed by atoms with E-state index in [1.54, 1.807) is 17.3 Å². The van der Waals surface area contributed by atoms with Crippen LogP contribution in [0.3, 0.4) is 0 Å². The second-order valence-corrected chi connectivity index (χ2v) is 7.16. The first-order valence-corrected chi connectivity index (χ1v) is 9.48. The molecule has 1 amide bonds. The lowest BCUT2D eigenvalue weighted by Gasteiger charge is -2.38. The van der Waals surface area contributed by atoms with Gasteiger partial charge in [-0.2, -0.15) is 0 Å². The number of aliphatic hydroxyl groups excluding tert-OH is 1. The maximum absolute atomic E-state index is 12.8. The number of hydrogen-bond donors (Lipinski definition) is 2. The molecule has 1 fully saturated rings. The predicted molar refractivity (Wildman–Crippen MR) is 108 cm³/mol. The molecule has 29 heavy (non-hydrogen) atoms. The minimum atomic E-state index is -0.106. The minimum Gasteiger partial charge on any atom is -0.392 e. The molecule has 2 aromatic carbocycles. The number of fused-ring (bicyclic) bond motifs is 1. The molecule has 0 unspecified atom stereocenters. The van der Waals surface area contributed by atoms with E-state index in [2.05, 4.69) is 19.9 Å². The van der Waals surface area contributed by atoms with Crippen LogP contribution in [0.25, 0.3) is 22.3 Å². The van der Waals surface area contributed by atoms with Gasteiger partial charge >= 0.3 is 0 Å². The van der Waals surface area contributed by atoms with Crippen molar-refractivity contribution in [3.63, 3.8) is 0 Å². The molecule has 4 aromatic rings. The van der Waals surface area contributed by atoms with Gasteiger partial charge in [-0.05, 0) is 23.8 Å². The molecule has 2 N–H and O–H groups in total. The molecule has 5 rings (SSSR count). The highest BCUT2D eigenvalue weighted by atomic mass is 16.3. The molecular weight excluding hydrogens is 366 g/mol. The zero-order valence-electron chi connectivity index (χ0n) is 15.6. The fourth-order valence-electron chi connectivity index (χ4n) is 3.71. The summed E-state index contributed by atoms with van der Waals surface area (Å²) >= 11 is 0. The fraction of sp³-hybridized carbons (Fsp3) is 0.182. The monoisotopic (exact) mass is 385 g/mol. The predicted octanol–water partition coefficient (Wildman–Crippen LogP) is 2.75. The number of para-hydroxylation sites is 2. The molecule has 1 aliphatic rings. The lowest BCUT2D eigenvalue weighted by atomic mass is 9.92. The third-order valence-corrected chi connectivity index (χ3v) is 5.26. The van der Waals surface area contributed by atoms with Gasteiger partial charge in [0.2, 0.25) is 0 Å². The van der Waals surface area contributed by atoms with Crippen LogP contribution in [0.4, 0.5) is 0 Å². The highest BCUT2D eigenvalue weighted by Gasteiger charge is 2.36. The van der Waals surface area contributed by atoms with E-state index in [0.717, 1.165) is 33.5 Å². The molecule has 7 nitrogen and oxygen atoms in total. The Morgan fingerprint density at radius 1 is 1.10 bits per heavy atom. The van der Waals surface area contributed by atoms with Crippen molar-refractivity contribution in [2.45, 2.75) is 12.5 Å². The van der Waals surface area contributed by atoms with Crippen molar-refractivity contribution in [2.24, 2.45) is 0 Å². The Hall–Kier alpha value is -3.58. The normalized spacial score (nSPS) is 14.2. The van der Waals surface area contributed by atoms with E-state index >= 15 is 0 Å². The van der Waals surface area contributed by atoms with E-state index in [0.29, 0.717) is 18.9 Å². The van der Waals surface area contributed by atoms with Gasteiger partial charge in [0.05, 0.1) is 29.0 Å². The Morgan fingerprint density at radius 3 is 2.76 bits per heavy atom. The number of nitrogens with zero attached hydrogens (tertiary/aromatic N) is 4. The lowest BCUT2D eigenvalue weighted by Crippen LogP contribution is -2.49. The zero-order valence-corrected chi connectivity index (χ0v) is 15.6. The van der Waals surface area contributed by atoms with Crippen molar-refractivity contribution in [1.82, 2.24) is 24.8 Å². The third kappa shape index (κ3) is 3.15. The highest BCUT2D eigenvalue weighted by Crippen LogP contribution is 2.33. The van der Waals surface area contributed by atoms with Crippen LogP contribution in [0.2, 0.25) is 0 Å². The quantitative estimate of drug-likeness (QED) is 0.563. The van der Waals surface area contributed by atoms with Crippen LogP contribution in [0.15, 0.2) is 60.9 Å². The van der Waals surface area contributed by atoms with Gasteiger partial charge in [0.25, 0.3) is 5.91 Å². The molecule has 0 aliphatic carbocycles. The number of benzene rings is 2. The summed E-state index contributed by atoms with van der Waals surface area (Å²) in [5.74, 6) is 0.370. The first-order valence-electron chi connectivity index (χ1n) is 9.48. The Balaban J connectivity index is 1.36. The summed E-state index contributed by atoms with van der Waals surface area (Å²) in [6, 6.07) is 15.3. The van der Waals surface area contributed by atoms with Crippen molar-refractivity contribution < 1.29 is 9.90 Å². The molecule has 0 radical (unpaired) electrons. The van der Waals surface area contributed by atoms with Crippen LogP contribution in [0.1, 0.15) is 27.8 Å². The van der Waals surface area contributed by atoms with E-state index in [9.17, 15) is 9.90 Å². The first kappa shape index (κ1) is 17.5. The molecule has 7 heteroatoms. The van der Waals surface area contributed by atoms with Gasteiger partial charge in [-0.15, -0.1) is 0 Å². The SMILES string of the molecule is O=C(c1nc2ccccc2[nH]1)N1CC(c2nccnc2-c2cccc(CO)c2)C1. The van der Waals surface area contributed by atoms with Crippen LogP contribution in [0, 0.1) is 0 Å². The summed E-state index contributed by atoms with van der Waals surface area (Å²) in [5.41, 5.74) is 5.05. The molecule has 3 heterocycles. The molecule has 0 bridgehead atoms. The molecule has 1 saturated heterocycles. The van der Waals surface area contributed by atoms with Crippen LogP contribution in [-0.4, -0.2) is 48.9 Å². The van der Waals surface area contributed by atoms with Crippen molar-refractivity contribution in [2.75, 3.05) is 13.1 Å². The summed E-state index contributed by atoms with van der Waals surface area (Å²) in [7, 11) is 0. The summed E-state index contributed by atoms with van der Waals surface area (Å²) in [5, 5.41) is 9.41. The standard InChI is InChI=1S/C22H19N5O2/c28-13-14-4-3-5-15(10-14)19-20(24-9-8-23-19)16-11-27(12-16)22(29)21-25-17-6-1-2-7-18(17)26-21/h1-10,16,28H,11-13H2,(H,25,26). The zero-order chi connectivity index (χ0) is 19.8. The number of carbonyl (C=O) groups excluding carboxylic acids is 1. The molecule has 2 aromatic heterocycles. The van der Waals surface area contributed by atoms with Crippen molar-refractivity contribution in [1.29, 1.82) is 0 Å². The maximum Gasteiger partial charge on any atom is 0.289 e. The van der Waals surface area contributed by atoms with Gasteiger partial charge in [0.1, 0.15) is 0 Å². The third-order valence-electron chi connectivity index (χ3n) is 5.26. The van der Waals surface area contributed by atoms with E-state index in [4.69, 9.17) is 0 Å². The van der Waals surface area contributed by atoms with Crippen molar-refractivity contribution >= 4 is 16.9 Å². The van der Waals surface area contributed by atoms with E-state index in [1.807, 2.05) is 48.5 Å². The van der Waals surface area contributed by atoms with E-state index in [1.165, 1.54) is 0 Å². The Labute approximate surface area is 167 Å². The van der Waals surface area contributed by atoms with Crippen LogP contribution in [-0.2, 0) is 6.61 Å². The second kappa shape index (κ2) is 7.10. The number of likely N-dealkylation sites (tertiary alicyclic amines) is 1. The number of aromatic nitrogens is 4. The molecule has 0 spiro atoms. The van der Waals surface area contributed by atoms with Gasteiger partial charge < -0.3 is 15.0 Å². The van der Waals surface area contributed by atoms with E-state index < -0.39 is 0 Å². The minimum absolute atomic E-state index is 0.0212. The molecular formula is C22H19N5O2. The number of aromatic amines is 1. The topological polar surface area (TPSA) is 95.0 Å². The molecule has 0 atom stereocenters. The highest BCUT2D eigenvalue weighted by molar-refractivity contribution is 5.94. The smallest absolute Gasteiger partial charge is 0.289 e. The summed E-state index contributed by atoms with van der Waals surface area (Å²) in [6.45, 7) is 1.12. The largest absolute Gasteiger partial charge is 0.392 e. The van der Waals surface area contributed by atoms with Crippen LogP contribution >= 0.6 is 0 Å². The number of rotatable bonds is 4. The molecule has 0 saturated carbocycles. The number of nitrogens with one attached hydrogen (secondary N) is 1. The fourth-order valence-corrected chi connectivity index (χ4v) is 3.71. The number of imidazole rings is 1. The van der Waals surface area contributed by atoms with Gasteiger partial charge in [-0.1, -0.05) is 30.3 Å². The summed E-state index contributed by atoms with van der Waals surface area (Å²) < 4.78 is 0. The summed E-state index contributed by atoms with van der Waals surface area (Å²) in [6.07, 6.45) is 3.35. The second-order valence-electron chi connectivity index (χ2n) is 7.16. The van der Waals surface area contributed by atoms with Gasteiger partial charge in [0.15, 0.2) is 5.82 Å². The molecule has 144 valence electrons. The van der Waals surface area contributed by atoms with Crippen LogP contribution in [0.5, 0.6) is 0 Å². The number of H-pyrrole nitrogens is 1. The van der Waals surface area contributed by atoms with E-state index in [-0.39, 0.29) is 18.4 Å². The average Bonchev–Trinajstić information content (AvgIpc) is 3.17. The van der Waals surface area contributed by atoms with Crippen molar-refractivity contribution in [3.8, 4) is 11.3 Å². The van der Waals surface area contributed by atoms with Crippen LogP contribution < -0.4 is 0 Å². The Kier molecular flexibility index (Phi) is 4.29. The van der Waals surface area contributed by atoms with Gasteiger partial charge in [-0.3, -0.25) is 14.8 Å². The number of aliphatic hydroxyl groups is 1. The average molecular weight is 385 g/mol.